The standard InChI is InChI=1S/C9H17NO/c1-5-9(11)10(6-2)7-8(3)4/h3,5-7H2,1-2,4H3. The molecule has 0 aliphatic rings. The van der Waals surface area contributed by atoms with Crippen LogP contribution in [0.5, 0.6) is 0 Å². The highest BCUT2D eigenvalue weighted by molar-refractivity contribution is 5.76. The van der Waals surface area contributed by atoms with Crippen molar-refractivity contribution in [2.75, 3.05) is 13.1 Å². The minimum atomic E-state index is 0.204. The molecule has 2 heteroatoms. The molecule has 0 aromatic rings. The van der Waals surface area contributed by atoms with E-state index in [1.54, 1.807) is 0 Å². The average molecular weight is 155 g/mol. The van der Waals surface area contributed by atoms with Gasteiger partial charge in [0, 0.05) is 19.5 Å². The second-order valence-corrected chi connectivity index (χ2v) is 2.72. The van der Waals surface area contributed by atoms with E-state index in [9.17, 15) is 4.79 Å². The number of rotatable bonds is 4. The number of likely N-dealkylation sites (N-methyl/N-ethyl adjacent to an activating group) is 1. The van der Waals surface area contributed by atoms with Crippen molar-refractivity contribution in [2.45, 2.75) is 27.2 Å². The topological polar surface area (TPSA) is 20.3 Å². The van der Waals surface area contributed by atoms with Gasteiger partial charge in [0.15, 0.2) is 0 Å². The highest BCUT2D eigenvalue weighted by Crippen LogP contribution is 1.98. The fraction of sp³-hybridized carbons (Fsp3) is 0.667. The van der Waals surface area contributed by atoms with Crippen molar-refractivity contribution in [3.8, 4) is 0 Å². The lowest BCUT2D eigenvalue weighted by atomic mass is 10.3. The van der Waals surface area contributed by atoms with Crippen molar-refractivity contribution >= 4 is 5.91 Å². The summed E-state index contributed by atoms with van der Waals surface area (Å²) >= 11 is 0. The third-order valence-corrected chi connectivity index (χ3v) is 1.50. The largest absolute Gasteiger partial charge is 0.339 e. The summed E-state index contributed by atoms with van der Waals surface area (Å²) in [4.78, 5) is 13.0. The molecule has 2 nitrogen and oxygen atoms in total. The van der Waals surface area contributed by atoms with Gasteiger partial charge < -0.3 is 4.90 Å². The first-order valence-corrected chi connectivity index (χ1v) is 4.04. The molecule has 0 N–H and O–H groups in total. The summed E-state index contributed by atoms with van der Waals surface area (Å²) < 4.78 is 0. The number of nitrogens with zero attached hydrogens (tertiary/aromatic N) is 1. The Labute approximate surface area is 68.9 Å². The Morgan fingerprint density at radius 2 is 2.00 bits per heavy atom. The van der Waals surface area contributed by atoms with Gasteiger partial charge in [-0.15, -0.1) is 0 Å². The first-order valence-electron chi connectivity index (χ1n) is 4.04. The van der Waals surface area contributed by atoms with Crippen molar-refractivity contribution < 1.29 is 4.79 Å². The van der Waals surface area contributed by atoms with Crippen LogP contribution in [0.3, 0.4) is 0 Å². The molecule has 11 heavy (non-hydrogen) atoms. The minimum absolute atomic E-state index is 0.204. The van der Waals surface area contributed by atoms with E-state index in [-0.39, 0.29) is 5.91 Å². The van der Waals surface area contributed by atoms with Crippen molar-refractivity contribution in [1.29, 1.82) is 0 Å². The van der Waals surface area contributed by atoms with Crippen LogP contribution in [0, 0.1) is 0 Å². The zero-order chi connectivity index (χ0) is 8.85. The molecule has 1 amide bonds. The molecule has 0 rings (SSSR count). The lowest BCUT2D eigenvalue weighted by Gasteiger charge is -2.19. The van der Waals surface area contributed by atoms with Crippen molar-refractivity contribution in [2.24, 2.45) is 0 Å². The lowest BCUT2D eigenvalue weighted by Crippen LogP contribution is -2.31. The molecule has 0 aromatic carbocycles. The quantitative estimate of drug-likeness (QED) is 0.567. The van der Waals surface area contributed by atoms with Crippen LogP contribution in [0.2, 0.25) is 0 Å². The molecule has 0 radical (unpaired) electrons. The van der Waals surface area contributed by atoms with Gasteiger partial charge >= 0.3 is 0 Å². The fourth-order valence-electron chi connectivity index (χ4n) is 0.926. The highest BCUT2D eigenvalue weighted by Gasteiger charge is 2.07. The van der Waals surface area contributed by atoms with Gasteiger partial charge in [0.2, 0.25) is 5.91 Å². The Balaban J connectivity index is 3.94. The lowest BCUT2D eigenvalue weighted by molar-refractivity contribution is -0.130. The summed E-state index contributed by atoms with van der Waals surface area (Å²) in [5.74, 6) is 0.204. The predicted octanol–water partition coefficient (Wildman–Crippen LogP) is 1.82. The number of hydrogen-bond acceptors (Lipinski definition) is 1. The van der Waals surface area contributed by atoms with E-state index in [1.807, 2.05) is 25.7 Å². The smallest absolute Gasteiger partial charge is 0.222 e. The second-order valence-electron chi connectivity index (χ2n) is 2.72. The Bertz CT molecular complexity index is 152. The number of hydrogen-bond donors (Lipinski definition) is 0. The first-order chi connectivity index (χ1) is 5.11. The van der Waals surface area contributed by atoms with Crippen LogP contribution >= 0.6 is 0 Å². The van der Waals surface area contributed by atoms with Crippen molar-refractivity contribution in [3.63, 3.8) is 0 Å². The van der Waals surface area contributed by atoms with Crippen LogP contribution in [-0.4, -0.2) is 23.9 Å². The van der Waals surface area contributed by atoms with E-state index >= 15 is 0 Å². The molecule has 0 aromatic heterocycles. The van der Waals surface area contributed by atoms with Crippen LogP contribution in [0.15, 0.2) is 12.2 Å². The van der Waals surface area contributed by atoms with Gasteiger partial charge in [-0.1, -0.05) is 19.1 Å². The third-order valence-electron chi connectivity index (χ3n) is 1.50. The van der Waals surface area contributed by atoms with Gasteiger partial charge in [0.1, 0.15) is 0 Å². The summed E-state index contributed by atoms with van der Waals surface area (Å²) in [5, 5.41) is 0. The summed E-state index contributed by atoms with van der Waals surface area (Å²) in [5.41, 5.74) is 1.04. The molecular formula is C9H17NO. The Hall–Kier alpha value is -0.790. The summed E-state index contributed by atoms with van der Waals surface area (Å²) in [6.45, 7) is 11.0. The second kappa shape index (κ2) is 4.94. The van der Waals surface area contributed by atoms with Gasteiger partial charge in [-0.05, 0) is 13.8 Å². The molecule has 0 saturated heterocycles. The van der Waals surface area contributed by atoms with Crippen LogP contribution in [-0.2, 0) is 4.79 Å². The maximum absolute atomic E-state index is 11.2. The van der Waals surface area contributed by atoms with Crippen LogP contribution in [0.4, 0.5) is 0 Å². The minimum Gasteiger partial charge on any atom is -0.339 e. The SMILES string of the molecule is C=C(C)CN(CC)C(=O)CC. The van der Waals surface area contributed by atoms with Gasteiger partial charge in [-0.2, -0.15) is 0 Å². The van der Waals surface area contributed by atoms with Crippen LogP contribution < -0.4 is 0 Å². The maximum atomic E-state index is 11.2. The van der Waals surface area contributed by atoms with E-state index in [1.165, 1.54) is 0 Å². The molecule has 0 unspecified atom stereocenters. The molecule has 0 atom stereocenters. The van der Waals surface area contributed by atoms with E-state index in [0.29, 0.717) is 13.0 Å². The number of carbonyl (C=O) groups is 1. The van der Waals surface area contributed by atoms with Gasteiger partial charge in [-0.25, -0.2) is 0 Å². The van der Waals surface area contributed by atoms with E-state index in [0.717, 1.165) is 12.1 Å². The normalized spacial score (nSPS) is 9.36. The molecule has 0 aliphatic heterocycles. The monoisotopic (exact) mass is 155 g/mol. The predicted molar refractivity (Wildman–Crippen MR) is 47.4 cm³/mol. The summed E-state index contributed by atoms with van der Waals surface area (Å²) in [7, 11) is 0. The Morgan fingerprint density at radius 1 is 1.45 bits per heavy atom. The van der Waals surface area contributed by atoms with E-state index in [4.69, 9.17) is 0 Å². The average Bonchev–Trinajstić information content (AvgIpc) is 1.98. The molecular weight excluding hydrogens is 138 g/mol. The molecule has 0 fully saturated rings. The Morgan fingerprint density at radius 3 is 2.27 bits per heavy atom. The third kappa shape index (κ3) is 3.81. The molecule has 0 bridgehead atoms. The van der Waals surface area contributed by atoms with Gasteiger partial charge in [-0.3, -0.25) is 4.79 Å². The Kier molecular flexibility index (Phi) is 4.59. The highest BCUT2D eigenvalue weighted by atomic mass is 16.2. The fourth-order valence-corrected chi connectivity index (χ4v) is 0.926. The van der Waals surface area contributed by atoms with Crippen LogP contribution in [0.25, 0.3) is 0 Å². The molecule has 64 valence electrons. The molecule has 0 aliphatic carbocycles. The van der Waals surface area contributed by atoms with E-state index in [2.05, 4.69) is 6.58 Å². The van der Waals surface area contributed by atoms with Crippen LogP contribution in [0.1, 0.15) is 27.2 Å². The molecule has 0 heterocycles. The van der Waals surface area contributed by atoms with E-state index < -0.39 is 0 Å². The maximum Gasteiger partial charge on any atom is 0.222 e. The zero-order valence-corrected chi connectivity index (χ0v) is 7.68. The number of carbonyl (C=O) groups excluding carboxylic acids is 1. The first kappa shape index (κ1) is 10.2. The summed E-state index contributed by atoms with van der Waals surface area (Å²) in [6.07, 6.45) is 0.584. The van der Waals surface area contributed by atoms with Crippen molar-refractivity contribution in [3.05, 3.63) is 12.2 Å². The molecule has 0 spiro atoms. The zero-order valence-electron chi connectivity index (χ0n) is 7.68. The molecule has 0 saturated carbocycles. The van der Waals surface area contributed by atoms with Crippen molar-refractivity contribution in [1.82, 2.24) is 4.90 Å². The summed E-state index contributed by atoms with van der Waals surface area (Å²) in [6, 6.07) is 0. The number of amides is 1. The van der Waals surface area contributed by atoms with Gasteiger partial charge in [0.25, 0.3) is 0 Å². The van der Waals surface area contributed by atoms with Gasteiger partial charge in [0.05, 0.1) is 0 Å².